The molecule has 4 aliphatic carbocycles. The number of hydrogen-bond acceptors (Lipinski definition) is 4. The van der Waals surface area contributed by atoms with Crippen LogP contribution in [0.15, 0.2) is 24.3 Å². The van der Waals surface area contributed by atoms with Crippen molar-refractivity contribution in [3.05, 3.63) is 29.8 Å². The zero-order valence-corrected chi connectivity index (χ0v) is 18.1. The minimum absolute atomic E-state index is 0.0782. The Morgan fingerprint density at radius 2 is 1.55 bits per heavy atom. The van der Waals surface area contributed by atoms with Crippen LogP contribution in [0.5, 0.6) is 5.75 Å². The maximum Gasteiger partial charge on any atom is 0.378 e. The summed E-state index contributed by atoms with van der Waals surface area (Å²) in [4.78, 5) is 23.3. The molecule has 31 heavy (non-hydrogen) atoms. The average Bonchev–Trinajstić information content (AvgIpc) is 2.69. The van der Waals surface area contributed by atoms with Gasteiger partial charge in [-0.05, 0) is 92.9 Å². The number of esters is 1. The van der Waals surface area contributed by atoms with E-state index in [1.54, 1.807) is 12.1 Å². The molecule has 5 rings (SSSR count). The number of benzene rings is 1. The number of hydrogen-bond donors (Lipinski definition) is 1. The van der Waals surface area contributed by atoms with E-state index in [9.17, 15) is 18.4 Å². The Hall–Kier alpha value is -2.18. The number of carbonyl (C=O) groups excluding carboxylic acids is 1. The van der Waals surface area contributed by atoms with Gasteiger partial charge in [0.15, 0.2) is 6.10 Å². The highest BCUT2D eigenvalue weighted by atomic mass is 19.3. The Kier molecular flexibility index (Phi) is 5.51. The van der Waals surface area contributed by atoms with Crippen molar-refractivity contribution in [3.63, 3.8) is 0 Å². The van der Waals surface area contributed by atoms with E-state index in [4.69, 9.17) is 14.6 Å². The van der Waals surface area contributed by atoms with Gasteiger partial charge >= 0.3 is 17.9 Å². The number of aliphatic carboxylic acids is 1. The summed E-state index contributed by atoms with van der Waals surface area (Å²) in [6.45, 7) is 4.97. The fourth-order valence-corrected chi connectivity index (χ4v) is 6.13. The summed E-state index contributed by atoms with van der Waals surface area (Å²) in [7, 11) is 0. The van der Waals surface area contributed by atoms with Crippen molar-refractivity contribution in [2.45, 2.75) is 70.5 Å². The van der Waals surface area contributed by atoms with Crippen molar-refractivity contribution in [3.8, 4) is 5.75 Å². The first-order valence-corrected chi connectivity index (χ1v) is 11.1. The summed E-state index contributed by atoms with van der Waals surface area (Å²) < 4.78 is 39.3. The third-order valence-corrected chi connectivity index (χ3v) is 7.67. The summed E-state index contributed by atoms with van der Waals surface area (Å²) >= 11 is 0. The van der Waals surface area contributed by atoms with Gasteiger partial charge in [0, 0.05) is 0 Å². The first-order chi connectivity index (χ1) is 14.5. The minimum atomic E-state index is -4.17. The molecule has 0 spiro atoms. The third-order valence-electron chi connectivity index (χ3n) is 7.67. The third kappa shape index (κ3) is 3.92. The Bertz CT molecular complexity index is 820. The smallest absolute Gasteiger partial charge is 0.378 e. The normalized spacial score (nSPS) is 32.7. The standard InChI is InChI=1S/C24H30F2O5/c1-13(2)20(24(25,26)22(28)29)30-21(27)16-4-6-19(7-5-16)31-23(3)17-9-14-8-15(11-17)12-18(23)10-14/h4-7,13-15,17-18,20H,8-12H2,1-3H3,(H,28,29). The van der Waals surface area contributed by atoms with E-state index in [2.05, 4.69) is 6.92 Å². The van der Waals surface area contributed by atoms with Crippen molar-refractivity contribution < 1.29 is 33.0 Å². The highest BCUT2D eigenvalue weighted by Gasteiger charge is 2.56. The Morgan fingerprint density at radius 1 is 1.03 bits per heavy atom. The molecule has 0 saturated heterocycles. The van der Waals surface area contributed by atoms with E-state index in [0.29, 0.717) is 17.6 Å². The number of halogens is 2. The Labute approximate surface area is 181 Å². The predicted molar refractivity (Wildman–Crippen MR) is 109 cm³/mol. The highest BCUT2D eigenvalue weighted by molar-refractivity contribution is 5.90. The molecule has 4 fully saturated rings. The molecule has 0 aliphatic heterocycles. The quantitative estimate of drug-likeness (QED) is 0.596. The number of ether oxygens (including phenoxy) is 2. The SMILES string of the molecule is CC(C)C(OC(=O)c1ccc(OC2(C)C3CC4CC(C3)CC2C4)cc1)C(F)(F)C(=O)O. The average molecular weight is 436 g/mol. The summed E-state index contributed by atoms with van der Waals surface area (Å²) in [5.74, 6) is -4.95. The first-order valence-electron chi connectivity index (χ1n) is 11.1. The van der Waals surface area contributed by atoms with Crippen molar-refractivity contribution in [1.29, 1.82) is 0 Å². The van der Waals surface area contributed by atoms with E-state index in [1.165, 1.54) is 58.1 Å². The molecule has 5 nitrogen and oxygen atoms in total. The predicted octanol–water partition coefficient (Wildman–Crippen LogP) is 5.18. The van der Waals surface area contributed by atoms with Gasteiger partial charge in [-0.15, -0.1) is 0 Å². The van der Waals surface area contributed by atoms with Crippen molar-refractivity contribution in [2.75, 3.05) is 0 Å². The Balaban J connectivity index is 1.44. The number of carbonyl (C=O) groups is 2. The first kappa shape index (κ1) is 22.0. The van der Waals surface area contributed by atoms with Crippen LogP contribution in [0.1, 0.15) is 63.2 Å². The molecule has 4 saturated carbocycles. The summed E-state index contributed by atoms with van der Waals surface area (Å²) in [6.07, 6.45) is 4.15. The second-order valence-corrected chi connectivity index (χ2v) is 10.1. The van der Waals surface area contributed by atoms with Crippen LogP contribution in [-0.4, -0.2) is 34.7 Å². The van der Waals surface area contributed by atoms with E-state index in [-0.39, 0.29) is 11.2 Å². The van der Waals surface area contributed by atoms with Gasteiger partial charge in [0.2, 0.25) is 0 Å². The molecule has 4 bridgehead atoms. The lowest BCUT2D eigenvalue weighted by molar-refractivity contribution is -0.187. The molecular formula is C24H30F2O5. The molecule has 0 radical (unpaired) electrons. The second-order valence-electron chi connectivity index (χ2n) is 10.1. The molecule has 170 valence electrons. The molecular weight excluding hydrogens is 406 g/mol. The van der Waals surface area contributed by atoms with Gasteiger partial charge in [0.1, 0.15) is 11.4 Å². The van der Waals surface area contributed by atoms with E-state index >= 15 is 0 Å². The summed E-state index contributed by atoms with van der Waals surface area (Å²) in [5, 5.41) is 8.79. The van der Waals surface area contributed by atoms with E-state index in [1.807, 2.05) is 0 Å². The molecule has 0 amide bonds. The van der Waals surface area contributed by atoms with Gasteiger partial charge in [-0.1, -0.05) is 13.8 Å². The van der Waals surface area contributed by atoms with Gasteiger partial charge in [-0.25, -0.2) is 9.59 Å². The van der Waals surface area contributed by atoms with Gasteiger partial charge in [0.25, 0.3) is 0 Å². The van der Waals surface area contributed by atoms with Gasteiger partial charge in [0.05, 0.1) is 5.56 Å². The monoisotopic (exact) mass is 436 g/mol. The lowest BCUT2D eigenvalue weighted by Gasteiger charge is -2.59. The van der Waals surface area contributed by atoms with Crippen LogP contribution < -0.4 is 4.74 Å². The molecule has 0 heterocycles. The van der Waals surface area contributed by atoms with Crippen LogP contribution in [0.25, 0.3) is 0 Å². The fourth-order valence-electron chi connectivity index (χ4n) is 6.13. The Morgan fingerprint density at radius 3 is 2.00 bits per heavy atom. The maximum atomic E-state index is 14.0. The largest absolute Gasteiger partial charge is 0.487 e. The van der Waals surface area contributed by atoms with Gasteiger partial charge in [-0.2, -0.15) is 8.78 Å². The highest BCUT2D eigenvalue weighted by Crippen LogP contribution is 2.59. The van der Waals surface area contributed by atoms with E-state index in [0.717, 1.165) is 11.8 Å². The molecule has 1 aromatic carbocycles. The maximum absolute atomic E-state index is 14.0. The molecule has 7 heteroatoms. The molecule has 1 unspecified atom stereocenters. The van der Waals surface area contributed by atoms with Crippen molar-refractivity contribution >= 4 is 11.9 Å². The van der Waals surface area contributed by atoms with Crippen LogP contribution in [0.3, 0.4) is 0 Å². The van der Waals surface area contributed by atoms with Crippen LogP contribution in [0.4, 0.5) is 8.78 Å². The number of carboxylic acid groups (broad SMARTS) is 1. The number of carboxylic acids is 1. The van der Waals surface area contributed by atoms with Gasteiger partial charge in [-0.3, -0.25) is 0 Å². The van der Waals surface area contributed by atoms with Crippen molar-refractivity contribution in [1.82, 2.24) is 0 Å². The second kappa shape index (κ2) is 7.75. The van der Waals surface area contributed by atoms with Crippen molar-refractivity contribution in [2.24, 2.45) is 29.6 Å². The zero-order valence-electron chi connectivity index (χ0n) is 18.1. The lowest BCUT2D eigenvalue weighted by Crippen LogP contribution is -2.59. The summed E-state index contributed by atoms with van der Waals surface area (Å²) in [6, 6.07) is 6.28. The van der Waals surface area contributed by atoms with E-state index < -0.39 is 29.9 Å². The zero-order chi connectivity index (χ0) is 22.6. The lowest BCUT2D eigenvalue weighted by atomic mass is 9.50. The van der Waals surface area contributed by atoms with Crippen LogP contribution >= 0.6 is 0 Å². The van der Waals surface area contributed by atoms with Crippen LogP contribution in [-0.2, 0) is 9.53 Å². The molecule has 1 N–H and O–H groups in total. The molecule has 0 aromatic heterocycles. The fraction of sp³-hybridized carbons (Fsp3) is 0.667. The number of alkyl halides is 2. The molecule has 1 atom stereocenters. The topological polar surface area (TPSA) is 72.8 Å². The van der Waals surface area contributed by atoms with Crippen LogP contribution in [0.2, 0.25) is 0 Å². The van der Waals surface area contributed by atoms with Gasteiger partial charge < -0.3 is 14.6 Å². The minimum Gasteiger partial charge on any atom is -0.487 e. The van der Waals surface area contributed by atoms with Crippen LogP contribution in [0, 0.1) is 29.6 Å². The number of rotatable bonds is 7. The molecule has 1 aromatic rings. The molecule has 4 aliphatic rings. The summed E-state index contributed by atoms with van der Waals surface area (Å²) in [5.41, 5.74) is -0.142.